The molecule has 17 heteroatoms. The van der Waals surface area contributed by atoms with Gasteiger partial charge in [-0.1, -0.05) is 64.6 Å². The van der Waals surface area contributed by atoms with Crippen LogP contribution in [0.1, 0.15) is 95.0 Å². The van der Waals surface area contributed by atoms with Crippen molar-refractivity contribution in [1.29, 1.82) is 0 Å². The lowest BCUT2D eigenvalue weighted by molar-refractivity contribution is -0.149. The first-order valence-electron chi connectivity index (χ1n) is 26.3. The van der Waals surface area contributed by atoms with Crippen molar-refractivity contribution in [3.63, 3.8) is 0 Å². The molecule has 0 radical (unpaired) electrons. The van der Waals surface area contributed by atoms with Crippen LogP contribution in [0.5, 0.6) is 0 Å². The lowest BCUT2D eigenvalue weighted by Crippen LogP contribution is -2.68. The van der Waals surface area contributed by atoms with Gasteiger partial charge in [0, 0.05) is 86.6 Å². The summed E-state index contributed by atoms with van der Waals surface area (Å²) in [6.07, 6.45) is 4.31. The molecule has 4 aliphatic rings. The fraction of sp³-hybridized carbons (Fsp3) is 0.536. The number of amides is 4. The van der Waals surface area contributed by atoms with Crippen LogP contribution in [0.25, 0.3) is 33.3 Å². The van der Waals surface area contributed by atoms with Gasteiger partial charge in [0.2, 0.25) is 17.7 Å². The Balaban J connectivity index is 1.23. The molecule has 2 aromatic heterocycles. The van der Waals surface area contributed by atoms with Crippen molar-refractivity contribution in [3.05, 3.63) is 89.3 Å². The molecule has 0 aliphatic carbocycles. The van der Waals surface area contributed by atoms with Crippen molar-refractivity contribution in [1.82, 2.24) is 40.0 Å². The van der Waals surface area contributed by atoms with E-state index >= 15 is 4.79 Å². The van der Waals surface area contributed by atoms with Gasteiger partial charge in [-0.15, -0.1) is 0 Å². The maximum absolute atomic E-state index is 15.1. The highest BCUT2D eigenvalue weighted by atomic mass is 28.1. The third-order valence-electron chi connectivity index (χ3n) is 16.1. The Kier molecular flexibility index (Phi) is 15.9. The van der Waals surface area contributed by atoms with E-state index in [9.17, 15) is 19.2 Å². The molecule has 15 nitrogen and oxygen atoms in total. The van der Waals surface area contributed by atoms with E-state index in [0.717, 1.165) is 76.3 Å². The fourth-order valence-electron chi connectivity index (χ4n) is 11.9. The van der Waals surface area contributed by atoms with Crippen molar-refractivity contribution < 1.29 is 33.4 Å². The van der Waals surface area contributed by atoms with Gasteiger partial charge in [-0.05, 0) is 116 Å². The van der Waals surface area contributed by atoms with Crippen molar-refractivity contribution in [2.24, 2.45) is 11.3 Å². The van der Waals surface area contributed by atoms with E-state index in [2.05, 4.69) is 97.9 Å². The van der Waals surface area contributed by atoms with Gasteiger partial charge in [-0.2, -0.15) is 0 Å². The number of hydrogen-bond donors (Lipinski definition) is 2. The quantitative estimate of drug-likeness (QED) is 0.167. The Morgan fingerprint density at radius 3 is 2.51 bits per heavy atom. The number of fused-ring (bicyclic) bond motifs is 7. The van der Waals surface area contributed by atoms with Crippen LogP contribution in [0.4, 0.5) is 0 Å². The molecule has 6 bridgehead atoms. The molecule has 5 atom stereocenters. The van der Waals surface area contributed by atoms with Gasteiger partial charge in [0.05, 0.1) is 51.7 Å². The first-order valence-corrected chi connectivity index (χ1v) is 28.3. The van der Waals surface area contributed by atoms with Crippen LogP contribution in [-0.2, 0) is 65.8 Å². The SMILES string of the molecule is C=CC(=O)N1CCC([SiH3])(C(=O)N(C)[C@H](C(=O)N[C@H]2Cc3cccc(c3)-c3ccc4c(c3)c(c(-c3cc5c(nc3[C@H](C)OC)CN(C)CC5)n4CC)CC(C)(C)COC[C@]3(C(=O)[SiH3])CCCN(N3)C2=O)C(C)C)C1. The number of carbonyl (C=O) groups excluding carboxylic acids is 5. The third-order valence-corrected chi connectivity index (χ3v) is 18.3. The molecule has 1 unspecified atom stereocenters. The fourth-order valence-corrected chi connectivity index (χ4v) is 13.4. The Morgan fingerprint density at radius 2 is 1.81 bits per heavy atom. The van der Waals surface area contributed by atoms with Crippen molar-refractivity contribution in [3.8, 4) is 22.4 Å². The number of hydrogen-bond acceptors (Lipinski definition) is 10. The number of aromatic nitrogens is 2. The zero-order valence-corrected chi connectivity index (χ0v) is 49.2. The van der Waals surface area contributed by atoms with Gasteiger partial charge in [-0.3, -0.25) is 29.2 Å². The minimum Gasteiger partial charge on any atom is -0.378 e. The number of methoxy groups -OCH3 is 1. The third kappa shape index (κ3) is 10.8. The number of likely N-dealkylation sites (N-methyl/N-ethyl adjacent to an activating group) is 2. The standard InChI is InChI=1S/C56H78N8O7Si2/c1-11-46(65)62-24-21-56(73,31-62)52(68)61(9)48(34(3)4)50(66)58-43-26-36-15-13-16-37(25-36)38-17-18-45-40(27-38)42(29-54(6,7)32-71-33-55(53(69)72)20-14-22-64(59-55)51(43)67)49(63(45)12-2)41-28-39-19-23-60(8)30-44(39)57-47(41)35(5)70-10/h11,13,15-18,25,27-28,34-35,43,48,59H,1,12,14,19-24,26,29-33H2,2-10,72-73H3,(H,58,66)/t35-,43-,48-,55-,56?/m0/s1. The summed E-state index contributed by atoms with van der Waals surface area (Å²) in [4.78, 5) is 81.7. The van der Waals surface area contributed by atoms with E-state index in [1.54, 1.807) is 19.1 Å². The molecule has 2 N–H and O–H groups in total. The highest BCUT2D eigenvalue weighted by Gasteiger charge is 2.47. The highest BCUT2D eigenvalue weighted by Crippen LogP contribution is 2.43. The Hall–Kier alpha value is -5.31. The van der Waals surface area contributed by atoms with Crippen LogP contribution >= 0.6 is 0 Å². The van der Waals surface area contributed by atoms with Gasteiger partial charge < -0.3 is 38.9 Å². The first kappa shape index (κ1) is 54.0. The smallest absolute Gasteiger partial charge is 0.259 e. The second-order valence-electron chi connectivity index (χ2n) is 22.7. The number of likely N-dealkylation sites (tertiary alicyclic amines) is 1. The van der Waals surface area contributed by atoms with Crippen LogP contribution in [0, 0.1) is 11.3 Å². The maximum Gasteiger partial charge on any atom is 0.259 e. The molecular formula is C56H78N8O7Si2. The average Bonchev–Trinajstić information content (AvgIpc) is 3.91. The minimum absolute atomic E-state index is 0.00505. The van der Waals surface area contributed by atoms with Gasteiger partial charge in [0.1, 0.15) is 23.0 Å². The Morgan fingerprint density at radius 1 is 1.05 bits per heavy atom. The second kappa shape index (κ2) is 21.5. The molecule has 2 aromatic carbocycles. The van der Waals surface area contributed by atoms with Crippen LogP contribution in [0.3, 0.4) is 0 Å². The molecule has 0 saturated carbocycles. The lowest BCUT2D eigenvalue weighted by atomic mass is 9.83. The molecule has 6 heterocycles. The molecule has 4 amide bonds. The summed E-state index contributed by atoms with van der Waals surface area (Å²) < 4.78 is 15.2. The number of nitrogens with zero attached hydrogens (tertiary/aromatic N) is 6. The molecule has 8 rings (SSSR count). The van der Waals surface area contributed by atoms with Gasteiger partial charge in [0.15, 0.2) is 0 Å². The summed E-state index contributed by atoms with van der Waals surface area (Å²) in [7, 11) is 6.25. The number of carbonyl (C=O) groups is 5. The Bertz CT molecular complexity index is 2810. The molecule has 73 heavy (non-hydrogen) atoms. The van der Waals surface area contributed by atoms with E-state index in [0.29, 0.717) is 55.6 Å². The highest BCUT2D eigenvalue weighted by molar-refractivity contribution is 6.60. The molecule has 4 aromatic rings. The van der Waals surface area contributed by atoms with E-state index in [1.165, 1.54) is 27.1 Å². The zero-order chi connectivity index (χ0) is 52.7. The second-order valence-corrected chi connectivity index (χ2v) is 25.5. The minimum atomic E-state index is -1.13. The van der Waals surface area contributed by atoms with E-state index in [-0.39, 0.29) is 65.0 Å². The van der Waals surface area contributed by atoms with Gasteiger partial charge in [0.25, 0.3) is 5.91 Å². The predicted molar refractivity (Wildman–Crippen MR) is 293 cm³/mol. The number of benzene rings is 2. The normalized spacial score (nSPS) is 23.5. The predicted octanol–water partition coefficient (Wildman–Crippen LogP) is 3.89. The van der Waals surface area contributed by atoms with Gasteiger partial charge in [-0.25, -0.2) is 5.43 Å². The monoisotopic (exact) mass is 1030 g/mol. The molecule has 2 fully saturated rings. The summed E-state index contributed by atoms with van der Waals surface area (Å²) in [6.45, 7) is 20.1. The lowest BCUT2D eigenvalue weighted by Gasteiger charge is -2.44. The molecule has 2 saturated heterocycles. The van der Waals surface area contributed by atoms with Crippen LogP contribution < -0.4 is 10.7 Å². The van der Waals surface area contributed by atoms with E-state index in [1.807, 2.05) is 26.0 Å². The summed E-state index contributed by atoms with van der Waals surface area (Å²) in [6, 6.07) is 15.2. The number of rotatable bonds is 11. The largest absolute Gasteiger partial charge is 0.378 e. The van der Waals surface area contributed by atoms with Crippen LogP contribution in [0.15, 0.2) is 61.2 Å². The number of ether oxygens (including phenoxy) is 2. The zero-order valence-electron chi connectivity index (χ0n) is 45.2. The van der Waals surface area contributed by atoms with Crippen molar-refractivity contribution in [2.45, 2.75) is 122 Å². The summed E-state index contributed by atoms with van der Waals surface area (Å²) in [5.41, 5.74) is 12.5. The number of hydrazine groups is 1. The number of nitrogens with one attached hydrogen (secondary N) is 2. The number of aryl methyl sites for hydroxylation is 1. The summed E-state index contributed by atoms with van der Waals surface area (Å²) in [5, 5.41) is 5.02. The summed E-state index contributed by atoms with van der Waals surface area (Å²) >= 11 is 0. The van der Waals surface area contributed by atoms with E-state index in [4.69, 9.17) is 14.5 Å². The maximum atomic E-state index is 15.1. The average molecular weight is 1030 g/mol. The topological polar surface area (TPSA) is 159 Å². The Labute approximate surface area is 437 Å². The first-order chi connectivity index (χ1) is 34.6. The number of pyridine rings is 1. The van der Waals surface area contributed by atoms with Crippen LogP contribution in [0.2, 0.25) is 5.04 Å². The molecule has 392 valence electrons. The van der Waals surface area contributed by atoms with Crippen LogP contribution in [-0.4, -0.2) is 157 Å². The molecular weight excluding hydrogens is 953 g/mol. The molecule has 4 aliphatic heterocycles. The van der Waals surface area contributed by atoms with E-state index < -0.39 is 34.0 Å². The van der Waals surface area contributed by atoms with Gasteiger partial charge >= 0.3 is 0 Å². The van der Waals surface area contributed by atoms with Crippen molar-refractivity contribution >= 4 is 60.4 Å². The van der Waals surface area contributed by atoms with Crippen molar-refractivity contribution in [2.75, 3.05) is 60.6 Å². The molecule has 0 spiro atoms. The summed E-state index contributed by atoms with van der Waals surface area (Å²) in [5.74, 6) is -1.53.